The van der Waals surface area contributed by atoms with Crippen molar-refractivity contribution in [3.8, 4) is 17.1 Å². The van der Waals surface area contributed by atoms with Crippen molar-refractivity contribution in [3.63, 3.8) is 0 Å². The molecule has 2 unspecified atom stereocenters. The average Bonchev–Trinajstić information content (AvgIpc) is 3.66. The molecule has 3 aromatic heterocycles. The Kier molecular flexibility index (Phi) is 6.03. The van der Waals surface area contributed by atoms with Crippen molar-refractivity contribution in [3.05, 3.63) is 47.3 Å². The first-order valence-electron chi connectivity index (χ1n) is 15.4. The van der Waals surface area contributed by atoms with Crippen LogP contribution in [0.3, 0.4) is 0 Å². The number of ether oxygens (including phenoxy) is 1. The molecule has 7 heterocycles. The summed E-state index contributed by atoms with van der Waals surface area (Å²) in [6, 6.07) is 11.4. The molecule has 1 aromatic carbocycles. The van der Waals surface area contributed by atoms with Gasteiger partial charge in [0.2, 0.25) is 11.8 Å². The number of carbonyl (C=O) groups excluding carboxylic acids is 1. The maximum atomic E-state index is 13.8. The van der Waals surface area contributed by atoms with Crippen LogP contribution < -0.4 is 20.3 Å². The van der Waals surface area contributed by atoms with E-state index in [-0.39, 0.29) is 5.91 Å². The largest absolute Gasteiger partial charge is 0.477 e. The first-order chi connectivity index (χ1) is 20.4. The van der Waals surface area contributed by atoms with Gasteiger partial charge in [-0.1, -0.05) is 0 Å². The van der Waals surface area contributed by atoms with E-state index < -0.39 is 0 Å². The Labute approximate surface area is 245 Å². The van der Waals surface area contributed by atoms with Crippen molar-refractivity contribution in [1.82, 2.24) is 29.6 Å². The van der Waals surface area contributed by atoms with Crippen LogP contribution >= 0.6 is 0 Å². The minimum absolute atomic E-state index is 0.193. The van der Waals surface area contributed by atoms with Crippen LogP contribution in [0.5, 0.6) is 5.88 Å². The second kappa shape index (κ2) is 9.83. The summed E-state index contributed by atoms with van der Waals surface area (Å²) in [6.07, 6.45) is 5.80. The minimum atomic E-state index is -0.193. The Morgan fingerprint density at radius 3 is 2.69 bits per heavy atom. The topological polar surface area (TPSA) is 102 Å². The van der Waals surface area contributed by atoms with Gasteiger partial charge in [-0.25, -0.2) is 9.67 Å². The molecule has 1 aliphatic carbocycles. The van der Waals surface area contributed by atoms with Gasteiger partial charge in [0, 0.05) is 55.7 Å². The molecular formula is C32H38N8O2. The molecule has 10 heteroatoms. The van der Waals surface area contributed by atoms with Crippen LogP contribution in [0.2, 0.25) is 0 Å². The predicted molar refractivity (Wildman–Crippen MR) is 162 cm³/mol. The van der Waals surface area contributed by atoms with E-state index in [1.54, 1.807) is 4.68 Å². The number of hydrogen-bond donors (Lipinski definition) is 2. The van der Waals surface area contributed by atoms with E-state index in [1.165, 1.54) is 18.5 Å². The smallest absolute Gasteiger partial charge is 0.258 e. The number of nitrogens with zero attached hydrogens (tertiary/aromatic N) is 6. The molecule has 2 N–H and O–H groups in total. The Bertz CT molecular complexity index is 1700. The summed E-state index contributed by atoms with van der Waals surface area (Å²) in [5, 5.41) is 11.5. The number of hydrogen-bond acceptors (Lipinski definition) is 7. The van der Waals surface area contributed by atoms with Crippen LogP contribution in [0.1, 0.15) is 53.8 Å². The lowest BCUT2D eigenvalue weighted by Crippen LogP contribution is -2.61. The summed E-state index contributed by atoms with van der Waals surface area (Å²) in [5.74, 6) is 2.07. The number of fused-ring (bicyclic) bond motifs is 12. The number of aromatic nitrogens is 5. The van der Waals surface area contributed by atoms with Crippen LogP contribution in [-0.2, 0) is 13.6 Å². The van der Waals surface area contributed by atoms with Crippen LogP contribution in [0.15, 0.2) is 30.3 Å². The lowest BCUT2D eigenvalue weighted by atomic mass is 9.92. The Morgan fingerprint density at radius 2 is 1.88 bits per heavy atom. The lowest BCUT2D eigenvalue weighted by Gasteiger charge is -2.47. The highest BCUT2D eigenvalue weighted by atomic mass is 16.5. The number of amides is 1. The normalized spacial score (nSPS) is 25.4. The number of rotatable bonds is 1. The van der Waals surface area contributed by atoms with Crippen molar-refractivity contribution < 1.29 is 9.53 Å². The maximum absolute atomic E-state index is 13.8. The number of carbonyl (C=O) groups is 1. The van der Waals surface area contributed by atoms with Gasteiger partial charge in [0.25, 0.3) is 5.91 Å². The molecule has 4 aromatic rings. The van der Waals surface area contributed by atoms with Crippen molar-refractivity contribution in [1.29, 1.82) is 0 Å². The third-order valence-corrected chi connectivity index (χ3v) is 9.82. The number of pyridine rings is 1. The van der Waals surface area contributed by atoms with E-state index in [4.69, 9.17) is 14.7 Å². The highest BCUT2D eigenvalue weighted by Crippen LogP contribution is 2.38. The molecule has 0 radical (unpaired) electrons. The molecule has 4 aliphatic heterocycles. The highest BCUT2D eigenvalue weighted by Gasteiger charge is 2.34. The van der Waals surface area contributed by atoms with E-state index in [9.17, 15) is 4.79 Å². The summed E-state index contributed by atoms with van der Waals surface area (Å²) < 4.78 is 10.5. The standard InChI is InChI=1S/C32H38N8O2/c1-18-10-22-12-27(34-18)29-19(2)37-38(3)31(29)42-17-21-5-4-20(11-21)15-40-28-13-24(39-16-23-6-7-25(39)14-33-23)8-9-26(28)35-32(40)36-30(22)41/h8-10,12-13,20-21,23,25,33H,4-7,11,14-17H2,1-3H3,(H,35,36,41)/t20-,21+,23?,25?/m1/s1. The molecule has 10 nitrogen and oxygen atoms in total. The minimum Gasteiger partial charge on any atom is -0.477 e. The zero-order valence-electron chi connectivity index (χ0n) is 24.6. The fraction of sp³-hybridized carbons (Fsp3) is 0.500. The number of aryl methyl sites for hydroxylation is 3. The van der Waals surface area contributed by atoms with Gasteiger partial charge in [-0.05, 0) is 88.1 Å². The van der Waals surface area contributed by atoms with Crippen molar-refractivity contribution >= 4 is 28.6 Å². The zero-order valence-corrected chi connectivity index (χ0v) is 24.6. The number of imidazole rings is 1. The predicted octanol–water partition coefficient (Wildman–Crippen LogP) is 4.45. The van der Waals surface area contributed by atoms with Crippen LogP contribution in [0.4, 0.5) is 11.6 Å². The summed E-state index contributed by atoms with van der Waals surface area (Å²) in [6.45, 7) is 7.43. The number of piperidine rings is 2. The van der Waals surface area contributed by atoms with Gasteiger partial charge in [0.05, 0.1) is 34.6 Å². The van der Waals surface area contributed by atoms with Gasteiger partial charge in [-0.2, -0.15) is 5.10 Å². The second-order valence-corrected chi connectivity index (χ2v) is 12.8. The van der Waals surface area contributed by atoms with Gasteiger partial charge in [0.1, 0.15) is 0 Å². The molecular weight excluding hydrogens is 528 g/mol. The first-order valence-corrected chi connectivity index (χ1v) is 15.4. The molecule has 3 saturated heterocycles. The monoisotopic (exact) mass is 566 g/mol. The van der Waals surface area contributed by atoms with Crippen LogP contribution in [0.25, 0.3) is 22.3 Å². The number of benzene rings is 1. The molecule has 0 spiro atoms. The highest BCUT2D eigenvalue weighted by molar-refractivity contribution is 6.05. The van der Waals surface area contributed by atoms with E-state index in [0.29, 0.717) is 53.6 Å². The number of piperazine rings is 1. The van der Waals surface area contributed by atoms with E-state index >= 15 is 0 Å². The zero-order chi connectivity index (χ0) is 28.5. The second-order valence-electron chi connectivity index (χ2n) is 12.8. The van der Waals surface area contributed by atoms with Crippen molar-refractivity contribution in [2.45, 2.75) is 64.6 Å². The molecule has 4 atom stereocenters. The van der Waals surface area contributed by atoms with Crippen LogP contribution in [-0.4, -0.2) is 62.0 Å². The van der Waals surface area contributed by atoms with Gasteiger partial charge < -0.3 is 19.5 Å². The molecule has 9 rings (SSSR count). The van der Waals surface area contributed by atoms with Gasteiger partial charge in [-0.3, -0.25) is 15.1 Å². The molecule has 1 saturated carbocycles. The summed E-state index contributed by atoms with van der Waals surface area (Å²) >= 11 is 0. The third-order valence-electron chi connectivity index (χ3n) is 9.82. The fourth-order valence-electron chi connectivity index (χ4n) is 7.74. The lowest BCUT2D eigenvalue weighted by molar-refractivity contribution is 0.102. The van der Waals surface area contributed by atoms with Gasteiger partial charge in [-0.15, -0.1) is 0 Å². The average molecular weight is 567 g/mol. The molecule has 1 amide bonds. The summed E-state index contributed by atoms with van der Waals surface area (Å²) in [5.41, 5.74) is 6.93. The summed E-state index contributed by atoms with van der Waals surface area (Å²) in [7, 11) is 1.91. The first kappa shape index (κ1) is 25.8. The number of anilines is 2. The number of nitrogens with one attached hydrogen (secondary N) is 2. The van der Waals surface area contributed by atoms with Gasteiger partial charge in [0.15, 0.2) is 0 Å². The molecule has 5 aliphatic rings. The maximum Gasteiger partial charge on any atom is 0.258 e. The summed E-state index contributed by atoms with van der Waals surface area (Å²) in [4.78, 5) is 26.1. The van der Waals surface area contributed by atoms with E-state index in [1.807, 2.05) is 33.0 Å². The Hall–Kier alpha value is -3.92. The Balaban J connectivity index is 1.22. The van der Waals surface area contributed by atoms with Crippen molar-refractivity contribution in [2.75, 3.05) is 29.9 Å². The molecule has 218 valence electrons. The quantitative estimate of drug-likeness (QED) is 0.351. The Morgan fingerprint density at radius 1 is 1.00 bits per heavy atom. The van der Waals surface area contributed by atoms with Crippen molar-refractivity contribution in [2.24, 2.45) is 18.9 Å². The van der Waals surface area contributed by atoms with Gasteiger partial charge >= 0.3 is 0 Å². The molecule has 4 fully saturated rings. The fourth-order valence-corrected chi connectivity index (χ4v) is 7.74. The molecule has 42 heavy (non-hydrogen) atoms. The third kappa shape index (κ3) is 4.35. The SMILES string of the molecule is Cc1cc2cc(n1)-c1c(C)nn(C)c1OC[C@H]1CC[C@H](C1)Cn1c(nc3ccc(N4CC5CCC4CN5)cc31)NC2=O. The van der Waals surface area contributed by atoms with E-state index in [2.05, 4.69) is 43.4 Å². The molecule has 6 bridgehead atoms. The van der Waals surface area contributed by atoms with Crippen LogP contribution in [0, 0.1) is 25.7 Å². The van der Waals surface area contributed by atoms with E-state index in [0.717, 1.165) is 66.9 Å².